The molecule has 0 radical (unpaired) electrons. The van der Waals surface area contributed by atoms with E-state index in [0.29, 0.717) is 84.1 Å². The number of carbonyl (C=O) groups excluding carboxylic acids is 4. The van der Waals surface area contributed by atoms with E-state index in [2.05, 4.69) is 10.3 Å². The van der Waals surface area contributed by atoms with Crippen LogP contribution in [0.3, 0.4) is 0 Å². The van der Waals surface area contributed by atoms with Crippen LogP contribution in [-0.2, 0) is 52.4 Å². The molecular weight excluding hydrogens is 630 g/mol. The van der Waals surface area contributed by atoms with Crippen molar-refractivity contribution in [1.29, 1.82) is 0 Å². The molecule has 14 nitrogen and oxygen atoms in total. The van der Waals surface area contributed by atoms with Crippen molar-refractivity contribution >= 4 is 45.3 Å². The van der Waals surface area contributed by atoms with Crippen molar-refractivity contribution in [2.75, 3.05) is 85.8 Å². The summed E-state index contributed by atoms with van der Waals surface area (Å²) in [5, 5.41) is 4.33. The second-order valence-electron chi connectivity index (χ2n) is 10.1. The highest BCUT2D eigenvalue weighted by atomic mass is 33.1. The number of hydroxylamine groups is 2. The van der Waals surface area contributed by atoms with Crippen molar-refractivity contribution in [2.24, 2.45) is 0 Å². The molecule has 3 amide bonds. The summed E-state index contributed by atoms with van der Waals surface area (Å²) in [6, 6.07) is 5.77. The molecule has 0 spiro atoms. The number of pyridine rings is 1. The SMILES string of the molecule is CC(C)(CC(=O)NCCOCCOCCOCCOCCOCCOCCC(=O)ON1C(=O)CCC1=O)SSc1ccccn1. The Kier molecular flexibility index (Phi) is 20.7. The lowest BCUT2D eigenvalue weighted by Gasteiger charge is -2.22. The van der Waals surface area contributed by atoms with E-state index in [1.54, 1.807) is 27.8 Å². The molecule has 2 rings (SSSR count). The number of carbonyl (C=O) groups is 4. The highest BCUT2D eigenvalue weighted by molar-refractivity contribution is 8.77. The van der Waals surface area contributed by atoms with Crippen LogP contribution < -0.4 is 5.32 Å². The van der Waals surface area contributed by atoms with E-state index in [0.717, 1.165) is 5.03 Å². The van der Waals surface area contributed by atoms with Crippen molar-refractivity contribution in [3.05, 3.63) is 24.4 Å². The molecule has 0 atom stereocenters. The molecule has 1 aliphatic heterocycles. The van der Waals surface area contributed by atoms with E-state index in [9.17, 15) is 19.2 Å². The summed E-state index contributed by atoms with van der Waals surface area (Å²) < 4.78 is 32.3. The number of aromatic nitrogens is 1. The van der Waals surface area contributed by atoms with Gasteiger partial charge in [-0.2, -0.15) is 0 Å². The fourth-order valence-corrected chi connectivity index (χ4v) is 5.60. The molecule has 1 fully saturated rings. The number of nitrogens with zero attached hydrogens (tertiary/aromatic N) is 2. The molecule has 1 saturated heterocycles. The van der Waals surface area contributed by atoms with Crippen LogP contribution in [0.4, 0.5) is 0 Å². The summed E-state index contributed by atoms with van der Waals surface area (Å²) in [6.45, 7) is 9.06. The van der Waals surface area contributed by atoms with Crippen LogP contribution >= 0.6 is 21.6 Å². The monoisotopic (exact) mass is 675 g/mol. The zero-order valence-electron chi connectivity index (χ0n) is 26.0. The first-order valence-corrected chi connectivity index (χ1v) is 17.0. The van der Waals surface area contributed by atoms with Gasteiger partial charge < -0.3 is 38.6 Å². The Morgan fingerprint density at radius 3 is 1.82 bits per heavy atom. The number of rotatable bonds is 27. The van der Waals surface area contributed by atoms with Gasteiger partial charge in [-0.05, 0) is 36.8 Å². The zero-order chi connectivity index (χ0) is 32.6. The summed E-state index contributed by atoms with van der Waals surface area (Å²) in [5.41, 5.74) is 0. The molecule has 0 aromatic carbocycles. The molecule has 1 aromatic heterocycles. The van der Waals surface area contributed by atoms with Gasteiger partial charge in [0.05, 0.1) is 85.7 Å². The van der Waals surface area contributed by atoms with Gasteiger partial charge in [-0.15, -0.1) is 5.06 Å². The molecule has 1 N–H and O–H groups in total. The first-order valence-electron chi connectivity index (χ1n) is 14.8. The summed E-state index contributed by atoms with van der Waals surface area (Å²) >= 11 is 0. The van der Waals surface area contributed by atoms with Gasteiger partial charge >= 0.3 is 5.97 Å². The number of hydrogen-bond acceptors (Lipinski definition) is 14. The third-order valence-corrected chi connectivity index (χ3v) is 8.86. The van der Waals surface area contributed by atoms with Crippen molar-refractivity contribution in [3.63, 3.8) is 0 Å². The minimum absolute atomic E-state index is 0.0130. The predicted octanol–water partition coefficient (Wildman–Crippen LogP) is 2.20. The average Bonchev–Trinajstić information content (AvgIpc) is 3.33. The van der Waals surface area contributed by atoms with Crippen LogP contribution in [0.1, 0.15) is 39.5 Å². The lowest BCUT2D eigenvalue weighted by molar-refractivity contribution is -0.198. The lowest BCUT2D eigenvalue weighted by Crippen LogP contribution is -2.32. The van der Waals surface area contributed by atoms with Crippen LogP contribution in [0.15, 0.2) is 29.4 Å². The average molecular weight is 676 g/mol. The molecule has 45 heavy (non-hydrogen) atoms. The second-order valence-corrected chi connectivity index (χ2v) is 12.9. The Morgan fingerprint density at radius 2 is 1.31 bits per heavy atom. The number of ether oxygens (including phenoxy) is 6. The van der Waals surface area contributed by atoms with Crippen LogP contribution in [0, 0.1) is 0 Å². The quantitative estimate of drug-likeness (QED) is 0.0821. The first kappa shape index (κ1) is 38.9. The molecule has 0 saturated carbocycles. The fraction of sp³-hybridized carbons (Fsp3) is 0.690. The summed E-state index contributed by atoms with van der Waals surface area (Å²) in [7, 11) is 3.19. The smallest absolute Gasteiger partial charge is 0.335 e. The lowest BCUT2D eigenvalue weighted by atomic mass is 10.1. The molecule has 254 valence electrons. The molecule has 0 bridgehead atoms. The number of amides is 3. The highest BCUT2D eigenvalue weighted by Gasteiger charge is 2.32. The van der Waals surface area contributed by atoms with Gasteiger partial charge in [-0.1, -0.05) is 16.9 Å². The van der Waals surface area contributed by atoms with Crippen LogP contribution in [0.2, 0.25) is 0 Å². The molecule has 2 heterocycles. The minimum Gasteiger partial charge on any atom is -0.378 e. The minimum atomic E-state index is -0.701. The van der Waals surface area contributed by atoms with Gasteiger partial charge in [0.15, 0.2) is 0 Å². The van der Waals surface area contributed by atoms with Crippen molar-refractivity contribution in [3.8, 4) is 0 Å². The summed E-state index contributed by atoms with van der Waals surface area (Å²) in [4.78, 5) is 55.7. The molecular formula is C29H45N3O11S2. The number of imide groups is 1. The van der Waals surface area contributed by atoms with E-state index in [-0.39, 0.29) is 43.1 Å². The van der Waals surface area contributed by atoms with Crippen molar-refractivity contribution < 1.29 is 52.4 Å². The van der Waals surface area contributed by atoms with Crippen LogP contribution in [0.25, 0.3) is 0 Å². The predicted molar refractivity (Wildman–Crippen MR) is 166 cm³/mol. The molecule has 1 aliphatic rings. The molecule has 0 aliphatic carbocycles. The Labute approximate surface area is 272 Å². The number of nitrogens with one attached hydrogen (secondary N) is 1. The normalized spacial score (nSPS) is 13.4. The Morgan fingerprint density at radius 1 is 0.800 bits per heavy atom. The number of hydrogen-bond donors (Lipinski definition) is 1. The molecule has 1 aromatic rings. The topological polar surface area (TPSA) is 161 Å². The second kappa shape index (κ2) is 23.9. The Balaban J connectivity index is 1.25. The Hall–Kier alpha value is -2.31. The zero-order valence-corrected chi connectivity index (χ0v) is 27.7. The maximum Gasteiger partial charge on any atom is 0.335 e. The van der Waals surface area contributed by atoms with Gasteiger partial charge in [0.1, 0.15) is 5.03 Å². The van der Waals surface area contributed by atoms with Crippen LogP contribution in [-0.4, -0.2) is 124 Å². The van der Waals surface area contributed by atoms with Crippen molar-refractivity contribution in [2.45, 2.75) is 49.3 Å². The fourth-order valence-electron chi connectivity index (χ4n) is 3.46. The van der Waals surface area contributed by atoms with E-state index >= 15 is 0 Å². The highest BCUT2D eigenvalue weighted by Crippen LogP contribution is 2.41. The van der Waals surface area contributed by atoms with Gasteiger partial charge in [0.2, 0.25) is 5.91 Å². The van der Waals surface area contributed by atoms with Gasteiger partial charge in [0, 0.05) is 36.8 Å². The van der Waals surface area contributed by atoms with Crippen molar-refractivity contribution in [1.82, 2.24) is 15.4 Å². The first-order chi connectivity index (χ1) is 21.8. The third kappa shape index (κ3) is 19.7. The largest absolute Gasteiger partial charge is 0.378 e. The molecule has 0 unspecified atom stereocenters. The van der Waals surface area contributed by atoms with E-state index < -0.39 is 17.8 Å². The standard InChI is InChI=1S/C29H45N3O11S2/c1-29(2,45-44-25-5-3-4-9-31-25)23-24(33)30-10-12-38-14-16-40-18-20-42-22-21-41-19-17-39-15-13-37-11-8-28(36)43-32-26(34)6-7-27(32)35/h3-5,9H,6-8,10-23H2,1-2H3,(H,30,33). The Bertz CT molecular complexity index is 989. The molecule has 16 heteroatoms. The van der Waals surface area contributed by atoms with E-state index in [1.807, 2.05) is 32.0 Å². The maximum absolute atomic E-state index is 12.2. The van der Waals surface area contributed by atoms with Gasteiger partial charge in [-0.25, -0.2) is 9.78 Å². The van der Waals surface area contributed by atoms with E-state index in [4.69, 9.17) is 33.3 Å². The van der Waals surface area contributed by atoms with Gasteiger partial charge in [-0.3, -0.25) is 14.4 Å². The van der Waals surface area contributed by atoms with Gasteiger partial charge in [0.25, 0.3) is 11.8 Å². The summed E-state index contributed by atoms with van der Waals surface area (Å²) in [5.74, 6) is -1.74. The third-order valence-electron chi connectivity index (χ3n) is 5.65. The van der Waals surface area contributed by atoms with E-state index in [1.165, 1.54) is 0 Å². The van der Waals surface area contributed by atoms with Crippen LogP contribution in [0.5, 0.6) is 0 Å². The summed E-state index contributed by atoms with van der Waals surface area (Å²) in [6.07, 6.45) is 2.19. The maximum atomic E-state index is 12.2.